The Labute approximate surface area is 101 Å². The number of amides is 1. The molecule has 2 rings (SSSR count). The molecule has 5 heteroatoms. The van der Waals surface area contributed by atoms with Gasteiger partial charge in [0.1, 0.15) is 0 Å². The molecule has 1 aliphatic heterocycles. The van der Waals surface area contributed by atoms with Gasteiger partial charge in [0.15, 0.2) is 5.41 Å². The van der Waals surface area contributed by atoms with E-state index >= 15 is 0 Å². The average molecular weight is 241 g/mol. The molecule has 2 aliphatic rings. The van der Waals surface area contributed by atoms with E-state index in [1.165, 1.54) is 19.3 Å². The molecule has 0 aromatic heterocycles. The Hall–Kier alpha value is -1.10. The van der Waals surface area contributed by atoms with Crippen molar-refractivity contribution >= 4 is 11.9 Å². The largest absolute Gasteiger partial charge is 0.480 e. The van der Waals surface area contributed by atoms with Crippen molar-refractivity contribution in [2.45, 2.75) is 32.1 Å². The number of aliphatic carboxylic acids is 1. The molecule has 96 valence electrons. The van der Waals surface area contributed by atoms with Crippen molar-refractivity contribution in [1.29, 1.82) is 0 Å². The number of carbonyl (C=O) groups excluding carboxylic acids is 1. The maximum atomic E-state index is 11.9. The quantitative estimate of drug-likeness (QED) is 0.713. The lowest BCUT2D eigenvalue weighted by Gasteiger charge is -2.36. The molecule has 5 nitrogen and oxygen atoms in total. The second-order valence-corrected chi connectivity index (χ2v) is 5.09. The van der Waals surface area contributed by atoms with Crippen LogP contribution in [0.15, 0.2) is 0 Å². The fourth-order valence-electron chi connectivity index (χ4n) is 2.46. The van der Waals surface area contributed by atoms with Gasteiger partial charge in [-0.05, 0) is 18.8 Å². The molecule has 1 heterocycles. The maximum absolute atomic E-state index is 11.9. The molecule has 0 aromatic carbocycles. The van der Waals surface area contributed by atoms with Crippen LogP contribution >= 0.6 is 0 Å². The zero-order valence-corrected chi connectivity index (χ0v) is 9.91. The first kappa shape index (κ1) is 12.4. The molecular weight excluding hydrogens is 222 g/mol. The average Bonchev–Trinajstić information content (AvgIpc) is 2.25. The summed E-state index contributed by atoms with van der Waals surface area (Å²) in [5.41, 5.74) is -1.32. The standard InChI is InChI=1S/C12H19NO4/c14-10(12(11(15)16)7-17-8-12)13-6-9-4-2-1-3-5-9/h9H,1-8H2,(H,13,14)(H,15,16). The van der Waals surface area contributed by atoms with E-state index < -0.39 is 11.4 Å². The SMILES string of the molecule is O=C(O)C1(C(=O)NCC2CCCCC2)COC1. The molecule has 0 atom stereocenters. The number of ether oxygens (including phenoxy) is 1. The predicted octanol–water partition coefficient (Wildman–Crippen LogP) is 0.784. The normalized spacial score (nSPS) is 23.8. The van der Waals surface area contributed by atoms with Gasteiger partial charge in [0.05, 0.1) is 13.2 Å². The number of carboxylic acids is 1. The third-order valence-electron chi connectivity index (χ3n) is 3.82. The molecular formula is C12H19NO4. The van der Waals surface area contributed by atoms with Gasteiger partial charge in [-0.1, -0.05) is 19.3 Å². The lowest BCUT2D eigenvalue weighted by molar-refractivity contribution is -0.185. The van der Waals surface area contributed by atoms with Gasteiger partial charge in [0.2, 0.25) is 5.91 Å². The molecule has 0 bridgehead atoms. The fraction of sp³-hybridized carbons (Fsp3) is 0.833. The molecule has 1 saturated carbocycles. The molecule has 0 aromatic rings. The lowest BCUT2D eigenvalue weighted by atomic mass is 9.84. The molecule has 0 spiro atoms. The van der Waals surface area contributed by atoms with E-state index in [0.717, 1.165) is 12.8 Å². The summed E-state index contributed by atoms with van der Waals surface area (Å²) >= 11 is 0. The van der Waals surface area contributed by atoms with Crippen LogP contribution in [0.4, 0.5) is 0 Å². The van der Waals surface area contributed by atoms with Crippen molar-refractivity contribution in [3.8, 4) is 0 Å². The minimum Gasteiger partial charge on any atom is -0.480 e. The monoisotopic (exact) mass is 241 g/mol. The van der Waals surface area contributed by atoms with Crippen LogP contribution in [0.3, 0.4) is 0 Å². The first-order valence-electron chi connectivity index (χ1n) is 6.24. The summed E-state index contributed by atoms with van der Waals surface area (Å²) in [5.74, 6) is -0.953. The van der Waals surface area contributed by atoms with E-state index in [2.05, 4.69) is 5.32 Å². The van der Waals surface area contributed by atoms with Crippen LogP contribution in [0.25, 0.3) is 0 Å². The molecule has 2 fully saturated rings. The molecule has 0 unspecified atom stereocenters. The summed E-state index contributed by atoms with van der Waals surface area (Å²) in [6, 6.07) is 0. The molecule has 1 amide bonds. The minimum absolute atomic E-state index is 0.00116. The van der Waals surface area contributed by atoms with Gasteiger partial charge in [-0.25, -0.2) is 0 Å². The van der Waals surface area contributed by atoms with Gasteiger partial charge in [0.25, 0.3) is 0 Å². The van der Waals surface area contributed by atoms with Gasteiger partial charge in [-0.2, -0.15) is 0 Å². The third-order valence-corrected chi connectivity index (χ3v) is 3.82. The highest BCUT2D eigenvalue weighted by Crippen LogP contribution is 2.29. The van der Waals surface area contributed by atoms with E-state index in [4.69, 9.17) is 9.84 Å². The number of carboxylic acid groups (broad SMARTS) is 1. The summed E-state index contributed by atoms with van der Waals surface area (Å²) < 4.78 is 4.87. The summed E-state index contributed by atoms with van der Waals surface area (Å²) in [6.45, 7) is 0.603. The molecule has 17 heavy (non-hydrogen) atoms. The van der Waals surface area contributed by atoms with Crippen LogP contribution in [0.1, 0.15) is 32.1 Å². The minimum atomic E-state index is -1.32. The molecule has 1 saturated heterocycles. The summed E-state index contributed by atoms with van der Waals surface area (Å²) in [6.07, 6.45) is 5.98. The van der Waals surface area contributed by atoms with Crippen LogP contribution in [0.2, 0.25) is 0 Å². The maximum Gasteiger partial charge on any atom is 0.324 e. The van der Waals surface area contributed by atoms with Crippen LogP contribution in [-0.2, 0) is 14.3 Å². The number of rotatable bonds is 4. The van der Waals surface area contributed by atoms with Crippen molar-refractivity contribution in [2.75, 3.05) is 19.8 Å². The van der Waals surface area contributed by atoms with E-state index in [9.17, 15) is 9.59 Å². The Kier molecular flexibility index (Phi) is 3.66. The van der Waals surface area contributed by atoms with Crippen LogP contribution in [0, 0.1) is 11.3 Å². The first-order valence-corrected chi connectivity index (χ1v) is 6.24. The van der Waals surface area contributed by atoms with Crippen LogP contribution in [-0.4, -0.2) is 36.7 Å². The smallest absolute Gasteiger partial charge is 0.324 e. The van der Waals surface area contributed by atoms with Crippen molar-refractivity contribution in [1.82, 2.24) is 5.32 Å². The van der Waals surface area contributed by atoms with E-state index in [1.54, 1.807) is 0 Å². The second kappa shape index (κ2) is 5.04. The van der Waals surface area contributed by atoms with Crippen molar-refractivity contribution in [3.63, 3.8) is 0 Å². The molecule has 1 aliphatic carbocycles. The van der Waals surface area contributed by atoms with Crippen LogP contribution < -0.4 is 5.32 Å². The Morgan fingerprint density at radius 3 is 2.35 bits per heavy atom. The first-order chi connectivity index (χ1) is 8.15. The van der Waals surface area contributed by atoms with Gasteiger partial charge in [0, 0.05) is 6.54 Å². The Morgan fingerprint density at radius 1 is 1.24 bits per heavy atom. The highest BCUT2D eigenvalue weighted by Gasteiger charge is 2.53. The number of hydrogen-bond donors (Lipinski definition) is 2. The Morgan fingerprint density at radius 2 is 1.88 bits per heavy atom. The van der Waals surface area contributed by atoms with Crippen molar-refractivity contribution in [2.24, 2.45) is 11.3 Å². The predicted molar refractivity (Wildman–Crippen MR) is 60.5 cm³/mol. The summed E-state index contributed by atoms with van der Waals surface area (Å²) in [5, 5.41) is 11.8. The zero-order valence-electron chi connectivity index (χ0n) is 9.91. The Bertz CT molecular complexity index is 306. The molecule has 0 radical (unpaired) electrons. The lowest BCUT2D eigenvalue weighted by Crippen LogP contribution is -2.59. The van der Waals surface area contributed by atoms with E-state index in [-0.39, 0.29) is 19.1 Å². The number of nitrogens with one attached hydrogen (secondary N) is 1. The molecule has 2 N–H and O–H groups in total. The highest BCUT2D eigenvalue weighted by molar-refractivity contribution is 6.03. The van der Waals surface area contributed by atoms with Gasteiger partial charge in [-0.3, -0.25) is 9.59 Å². The van der Waals surface area contributed by atoms with Gasteiger partial charge in [-0.15, -0.1) is 0 Å². The summed E-state index contributed by atoms with van der Waals surface area (Å²) in [7, 11) is 0. The topological polar surface area (TPSA) is 75.6 Å². The fourth-order valence-corrected chi connectivity index (χ4v) is 2.46. The Balaban J connectivity index is 1.82. The zero-order chi connectivity index (χ0) is 12.3. The number of carbonyl (C=O) groups is 2. The number of hydrogen-bond acceptors (Lipinski definition) is 3. The van der Waals surface area contributed by atoms with E-state index in [1.807, 2.05) is 0 Å². The van der Waals surface area contributed by atoms with Crippen molar-refractivity contribution in [3.05, 3.63) is 0 Å². The van der Waals surface area contributed by atoms with Crippen molar-refractivity contribution < 1.29 is 19.4 Å². The third kappa shape index (κ3) is 2.44. The van der Waals surface area contributed by atoms with Crippen LogP contribution in [0.5, 0.6) is 0 Å². The van der Waals surface area contributed by atoms with Gasteiger partial charge >= 0.3 is 5.97 Å². The second-order valence-electron chi connectivity index (χ2n) is 5.09. The van der Waals surface area contributed by atoms with E-state index in [0.29, 0.717) is 12.5 Å². The van der Waals surface area contributed by atoms with Gasteiger partial charge < -0.3 is 15.2 Å². The highest BCUT2D eigenvalue weighted by atomic mass is 16.5. The summed E-state index contributed by atoms with van der Waals surface area (Å²) in [4.78, 5) is 22.9.